The maximum absolute atomic E-state index is 11.9. The third kappa shape index (κ3) is 4.56. The van der Waals surface area contributed by atoms with Crippen LogP contribution < -0.4 is 11.1 Å². The Morgan fingerprint density at radius 3 is 2.21 bits per heavy atom. The van der Waals surface area contributed by atoms with Crippen LogP contribution in [0.3, 0.4) is 0 Å². The topological polar surface area (TPSA) is 75.3 Å². The van der Waals surface area contributed by atoms with Crippen molar-refractivity contribution < 1.29 is 9.90 Å². The third-order valence-corrected chi connectivity index (χ3v) is 3.60. The fourth-order valence-electron chi connectivity index (χ4n) is 1.51. The van der Waals surface area contributed by atoms with Gasteiger partial charge in [0.15, 0.2) is 0 Å². The molecule has 1 aromatic rings. The van der Waals surface area contributed by atoms with Crippen molar-refractivity contribution in [3.05, 3.63) is 29.8 Å². The molecule has 0 aliphatic heterocycles. The van der Waals surface area contributed by atoms with Crippen LogP contribution in [0.2, 0.25) is 0 Å². The molecule has 0 aliphatic rings. The normalized spacial score (nSPS) is 12.3. The van der Waals surface area contributed by atoms with E-state index in [2.05, 4.69) is 5.32 Å². The Morgan fingerprint density at radius 2 is 1.74 bits per heavy atom. The van der Waals surface area contributed by atoms with Crippen LogP contribution in [0.4, 0.5) is 5.69 Å². The minimum absolute atomic E-state index is 0.0658. The average Bonchev–Trinajstić information content (AvgIpc) is 2.26. The summed E-state index contributed by atoms with van der Waals surface area (Å²) < 4.78 is 0. The average molecular weight is 264 g/mol. The fraction of sp³-hybridized carbons (Fsp3) is 0.533. The van der Waals surface area contributed by atoms with Gasteiger partial charge in [-0.3, -0.25) is 4.79 Å². The summed E-state index contributed by atoms with van der Waals surface area (Å²) in [5.41, 5.74) is 5.77. The molecule has 4 heteroatoms. The minimum Gasteiger partial charge on any atom is -0.399 e. The molecule has 1 amide bonds. The van der Waals surface area contributed by atoms with Crippen molar-refractivity contribution in [1.82, 2.24) is 5.32 Å². The molecule has 0 spiro atoms. The monoisotopic (exact) mass is 264 g/mol. The van der Waals surface area contributed by atoms with Crippen LogP contribution in [0, 0.1) is 0 Å². The molecule has 1 aromatic carbocycles. The number of hydrogen-bond acceptors (Lipinski definition) is 3. The van der Waals surface area contributed by atoms with Gasteiger partial charge in [0.1, 0.15) is 0 Å². The predicted octanol–water partition coefficient (Wildman–Crippen LogP) is 1.87. The van der Waals surface area contributed by atoms with E-state index in [4.69, 9.17) is 5.73 Å². The van der Waals surface area contributed by atoms with E-state index >= 15 is 0 Å². The number of carbonyl (C=O) groups is 1. The van der Waals surface area contributed by atoms with Crippen molar-refractivity contribution in [1.29, 1.82) is 0 Å². The van der Waals surface area contributed by atoms with Gasteiger partial charge in [-0.25, -0.2) is 0 Å². The van der Waals surface area contributed by atoms with Gasteiger partial charge in [-0.15, -0.1) is 0 Å². The van der Waals surface area contributed by atoms with Gasteiger partial charge >= 0.3 is 0 Å². The number of aliphatic hydroxyl groups is 1. The number of nitrogen functional groups attached to an aromatic ring is 1. The van der Waals surface area contributed by atoms with Gasteiger partial charge in [-0.1, -0.05) is 12.1 Å². The van der Waals surface area contributed by atoms with Crippen molar-refractivity contribution in [3.8, 4) is 0 Å². The maximum Gasteiger partial charge on any atom is 0.220 e. The molecule has 0 saturated heterocycles. The number of aryl methyl sites for hydroxylation is 1. The zero-order valence-electron chi connectivity index (χ0n) is 12.2. The fourth-order valence-corrected chi connectivity index (χ4v) is 1.51. The molecule has 0 unspecified atom stereocenters. The van der Waals surface area contributed by atoms with Gasteiger partial charge in [0.25, 0.3) is 0 Å². The summed E-state index contributed by atoms with van der Waals surface area (Å²) in [7, 11) is 0. The summed E-state index contributed by atoms with van der Waals surface area (Å²) in [5, 5.41) is 12.8. The molecule has 0 aliphatic carbocycles. The second-order valence-electron chi connectivity index (χ2n) is 5.97. The van der Waals surface area contributed by atoms with E-state index in [1.165, 1.54) is 0 Å². The van der Waals surface area contributed by atoms with Gasteiger partial charge in [0.05, 0.1) is 11.1 Å². The van der Waals surface area contributed by atoms with Crippen molar-refractivity contribution in [2.75, 3.05) is 5.73 Å². The molecule has 106 valence electrons. The standard InChI is InChI=1S/C15H24N2O2/c1-14(2,15(3,4)19)17-13(18)10-7-11-5-8-12(16)9-6-11/h5-6,8-9,19H,7,10,16H2,1-4H3,(H,17,18). The molecule has 0 heterocycles. The summed E-state index contributed by atoms with van der Waals surface area (Å²) >= 11 is 0. The molecule has 4 nitrogen and oxygen atoms in total. The van der Waals surface area contributed by atoms with Crippen molar-refractivity contribution in [2.45, 2.75) is 51.7 Å². The number of nitrogens with two attached hydrogens (primary N) is 1. The van der Waals surface area contributed by atoms with Gasteiger partial charge in [-0.2, -0.15) is 0 Å². The van der Waals surface area contributed by atoms with Crippen LogP contribution in [0.15, 0.2) is 24.3 Å². The van der Waals surface area contributed by atoms with Crippen LogP contribution in [0.1, 0.15) is 39.7 Å². The number of benzene rings is 1. The van der Waals surface area contributed by atoms with Crippen LogP contribution in [-0.4, -0.2) is 22.2 Å². The first kappa shape index (κ1) is 15.5. The van der Waals surface area contributed by atoms with Crippen LogP contribution in [-0.2, 0) is 11.2 Å². The van der Waals surface area contributed by atoms with Crippen LogP contribution in [0.25, 0.3) is 0 Å². The number of anilines is 1. The smallest absolute Gasteiger partial charge is 0.220 e. The molecule has 0 radical (unpaired) electrons. The van der Waals surface area contributed by atoms with Crippen molar-refractivity contribution in [3.63, 3.8) is 0 Å². The molecular formula is C15H24N2O2. The lowest BCUT2D eigenvalue weighted by atomic mass is 9.86. The highest BCUT2D eigenvalue weighted by atomic mass is 16.3. The SMILES string of the molecule is CC(C)(O)C(C)(C)NC(=O)CCc1ccc(N)cc1. The molecule has 0 atom stereocenters. The molecule has 0 fully saturated rings. The second-order valence-corrected chi connectivity index (χ2v) is 5.97. The Hall–Kier alpha value is -1.55. The first-order valence-corrected chi connectivity index (χ1v) is 6.49. The lowest BCUT2D eigenvalue weighted by Crippen LogP contribution is -2.57. The summed E-state index contributed by atoms with van der Waals surface area (Å²) in [5.74, 6) is -0.0658. The van der Waals surface area contributed by atoms with Crippen molar-refractivity contribution >= 4 is 11.6 Å². The number of amides is 1. The lowest BCUT2D eigenvalue weighted by molar-refractivity contribution is -0.126. The number of hydrogen-bond donors (Lipinski definition) is 3. The van der Waals surface area contributed by atoms with E-state index in [0.29, 0.717) is 12.8 Å². The van der Waals surface area contributed by atoms with Gasteiger partial charge < -0.3 is 16.2 Å². The summed E-state index contributed by atoms with van der Waals surface area (Å²) in [6.07, 6.45) is 1.05. The highest BCUT2D eigenvalue weighted by Gasteiger charge is 2.36. The van der Waals surface area contributed by atoms with E-state index < -0.39 is 11.1 Å². The Balaban J connectivity index is 2.51. The van der Waals surface area contributed by atoms with E-state index in [9.17, 15) is 9.90 Å². The maximum atomic E-state index is 11.9. The Kier molecular flexibility index (Phi) is 4.58. The lowest BCUT2D eigenvalue weighted by Gasteiger charge is -2.38. The molecule has 4 N–H and O–H groups in total. The number of nitrogens with one attached hydrogen (secondary N) is 1. The molecule has 0 bridgehead atoms. The zero-order valence-corrected chi connectivity index (χ0v) is 12.2. The second kappa shape index (κ2) is 5.61. The molecule has 19 heavy (non-hydrogen) atoms. The third-order valence-electron chi connectivity index (χ3n) is 3.60. The number of rotatable bonds is 5. The van der Waals surface area contributed by atoms with E-state index in [-0.39, 0.29) is 5.91 Å². The molecular weight excluding hydrogens is 240 g/mol. The summed E-state index contributed by atoms with van der Waals surface area (Å²) in [6.45, 7) is 7.00. The minimum atomic E-state index is -0.968. The quantitative estimate of drug-likeness (QED) is 0.711. The summed E-state index contributed by atoms with van der Waals surface area (Å²) in [4.78, 5) is 11.9. The Morgan fingerprint density at radius 1 is 1.21 bits per heavy atom. The zero-order chi connectivity index (χ0) is 14.7. The van der Waals surface area contributed by atoms with Crippen LogP contribution in [0.5, 0.6) is 0 Å². The van der Waals surface area contributed by atoms with Crippen LogP contribution >= 0.6 is 0 Å². The highest BCUT2D eigenvalue weighted by molar-refractivity contribution is 5.77. The first-order chi connectivity index (χ1) is 8.62. The summed E-state index contributed by atoms with van der Waals surface area (Å²) in [6, 6.07) is 7.50. The van der Waals surface area contributed by atoms with Gasteiger partial charge in [0, 0.05) is 12.1 Å². The Labute approximate surface area is 115 Å². The predicted molar refractivity (Wildman–Crippen MR) is 77.7 cm³/mol. The molecule has 1 rings (SSSR count). The molecule has 0 aromatic heterocycles. The van der Waals surface area contributed by atoms with E-state index in [0.717, 1.165) is 11.3 Å². The first-order valence-electron chi connectivity index (χ1n) is 6.49. The molecule has 0 saturated carbocycles. The Bertz CT molecular complexity index is 430. The van der Waals surface area contributed by atoms with E-state index in [1.54, 1.807) is 13.8 Å². The van der Waals surface area contributed by atoms with Crippen molar-refractivity contribution in [2.24, 2.45) is 0 Å². The largest absolute Gasteiger partial charge is 0.399 e. The highest BCUT2D eigenvalue weighted by Crippen LogP contribution is 2.20. The van der Waals surface area contributed by atoms with E-state index in [1.807, 2.05) is 38.1 Å². The van der Waals surface area contributed by atoms with Gasteiger partial charge in [-0.05, 0) is 51.8 Å². The van der Waals surface area contributed by atoms with Gasteiger partial charge in [0.2, 0.25) is 5.91 Å². The number of carbonyl (C=O) groups excluding carboxylic acids is 1.